The zero-order chi connectivity index (χ0) is 22.9. The number of aliphatic hydroxyl groups is 2. The third-order valence-electron chi connectivity index (χ3n) is 5.60. The monoisotopic (exact) mass is 450 g/mol. The minimum absolute atomic E-state index is 0.115. The molecule has 0 amide bonds. The molecule has 0 saturated carbocycles. The van der Waals surface area contributed by atoms with E-state index in [-0.39, 0.29) is 19.8 Å². The van der Waals surface area contributed by atoms with Crippen LogP contribution in [0.4, 0.5) is 0 Å². The smallest absolute Gasteiger partial charge is 0.184 e. The third kappa shape index (κ3) is 6.71. The van der Waals surface area contributed by atoms with E-state index in [9.17, 15) is 10.2 Å². The maximum atomic E-state index is 11.1. The first kappa shape index (κ1) is 23.6. The fourth-order valence-corrected chi connectivity index (χ4v) is 3.81. The lowest BCUT2D eigenvalue weighted by molar-refractivity contribution is -0.309. The fraction of sp³-hybridized carbons (Fsp3) is 0.333. The maximum Gasteiger partial charge on any atom is 0.184 e. The summed E-state index contributed by atoms with van der Waals surface area (Å²) in [5.41, 5.74) is 2.93. The van der Waals surface area contributed by atoms with Gasteiger partial charge in [-0.05, 0) is 16.7 Å². The van der Waals surface area contributed by atoms with Gasteiger partial charge in [0, 0.05) is 0 Å². The van der Waals surface area contributed by atoms with Gasteiger partial charge in [0.25, 0.3) is 0 Å². The molecule has 1 aliphatic rings. The van der Waals surface area contributed by atoms with Crippen molar-refractivity contribution in [3.8, 4) is 0 Å². The van der Waals surface area contributed by atoms with Crippen LogP contribution in [0.3, 0.4) is 0 Å². The highest BCUT2D eigenvalue weighted by molar-refractivity contribution is 5.15. The molecular formula is C27H30O6. The largest absolute Gasteiger partial charge is 0.387 e. The van der Waals surface area contributed by atoms with Gasteiger partial charge in [0.05, 0.1) is 26.4 Å². The molecule has 0 aromatic heterocycles. The standard InChI is InChI=1S/C27H30O6/c28-24-23(19-30-16-20-10-4-1-5-11-20)33-27(29)26(32-18-22-14-8-3-9-15-22)25(24)31-17-21-12-6-2-7-13-21/h1-15,23-29H,16-19H2/t23?,24-,25?,26+,27+/m1/s1. The first-order chi connectivity index (χ1) is 16.2. The highest BCUT2D eigenvalue weighted by atomic mass is 16.7. The van der Waals surface area contributed by atoms with Crippen molar-refractivity contribution in [1.82, 2.24) is 0 Å². The Hall–Kier alpha value is -2.58. The van der Waals surface area contributed by atoms with Gasteiger partial charge in [-0.3, -0.25) is 0 Å². The Morgan fingerprint density at radius 1 is 0.606 bits per heavy atom. The second-order valence-corrected chi connectivity index (χ2v) is 8.08. The van der Waals surface area contributed by atoms with Gasteiger partial charge in [0.1, 0.15) is 24.4 Å². The van der Waals surface area contributed by atoms with Crippen molar-refractivity contribution in [2.45, 2.75) is 50.5 Å². The third-order valence-corrected chi connectivity index (χ3v) is 5.60. The molecule has 33 heavy (non-hydrogen) atoms. The summed E-state index contributed by atoms with van der Waals surface area (Å²) < 4.78 is 23.5. The predicted octanol–water partition coefficient (Wildman–Crippen LogP) is 3.45. The van der Waals surface area contributed by atoms with Gasteiger partial charge in [-0.15, -0.1) is 0 Å². The minimum Gasteiger partial charge on any atom is -0.387 e. The molecular weight excluding hydrogens is 420 g/mol. The van der Waals surface area contributed by atoms with Crippen LogP contribution in [0.15, 0.2) is 91.0 Å². The minimum atomic E-state index is -1.26. The Balaban J connectivity index is 1.41. The molecule has 174 valence electrons. The van der Waals surface area contributed by atoms with Crippen molar-refractivity contribution in [2.24, 2.45) is 0 Å². The maximum absolute atomic E-state index is 11.1. The second kappa shape index (κ2) is 12.0. The van der Waals surface area contributed by atoms with Crippen molar-refractivity contribution in [3.05, 3.63) is 108 Å². The van der Waals surface area contributed by atoms with Crippen LogP contribution in [0, 0.1) is 0 Å². The summed E-state index contributed by atoms with van der Waals surface area (Å²) in [6.07, 6.45) is -4.68. The first-order valence-corrected chi connectivity index (χ1v) is 11.1. The van der Waals surface area contributed by atoms with Crippen LogP contribution in [0.1, 0.15) is 16.7 Å². The van der Waals surface area contributed by atoms with Crippen LogP contribution >= 0.6 is 0 Å². The van der Waals surface area contributed by atoms with Gasteiger partial charge in [-0.1, -0.05) is 91.0 Å². The van der Waals surface area contributed by atoms with Gasteiger partial charge in [0.2, 0.25) is 0 Å². The van der Waals surface area contributed by atoms with Gasteiger partial charge in [-0.2, -0.15) is 0 Å². The SMILES string of the molecule is O[C@@H]1C(COCc2ccccc2)O[C@H](O)[C@@H](OCc2ccccc2)C1OCc1ccccc1. The Morgan fingerprint density at radius 2 is 1.06 bits per heavy atom. The summed E-state index contributed by atoms with van der Waals surface area (Å²) >= 11 is 0. The summed E-state index contributed by atoms with van der Waals surface area (Å²) in [5, 5.41) is 21.8. The van der Waals surface area contributed by atoms with Gasteiger partial charge >= 0.3 is 0 Å². The molecule has 0 bridgehead atoms. The zero-order valence-electron chi connectivity index (χ0n) is 18.4. The van der Waals surface area contributed by atoms with E-state index in [0.717, 1.165) is 16.7 Å². The Bertz CT molecular complexity index is 937. The van der Waals surface area contributed by atoms with Crippen LogP contribution in [0.2, 0.25) is 0 Å². The Labute approximate surface area is 194 Å². The van der Waals surface area contributed by atoms with Crippen LogP contribution in [-0.4, -0.2) is 47.5 Å². The molecule has 0 radical (unpaired) electrons. The second-order valence-electron chi connectivity index (χ2n) is 8.08. The van der Waals surface area contributed by atoms with Crippen LogP contribution in [-0.2, 0) is 38.8 Å². The topological polar surface area (TPSA) is 77.4 Å². The molecule has 1 aliphatic heterocycles. The van der Waals surface area contributed by atoms with E-state index in [4.69, 9.17) is 18.9 Å². The van der Waals surface area contributed by atoms with Gasteiger partial charge < -0.3 is 29.2 Å². The van der Waals surface area contributed by atoms with Gasteiger partial charge in [-0.25, -0.2) is 0 Å². The summed E-state index contributed by atoms with van der Waals surface area (Å²) in [6, 6.07) is 29.1. The Morgan fingerprint density at radius 3 is 1.58 bits per heavy atom. The van der Waals surface area contributed by atoms with E-state index >= 15 is 0 Å². The number of rotatable bonds is 10. The van der Waals surface area contributed by atoms with Crippen molar-refractivity contribution >= 4 is 0 Å². The normalized spacial score (nSPS) is 25.1. The van der Waals surface area contributed by atoms with E-state index in [1.807, 2.05) is 91.0 Å². The van der Waals surface area contributed by atoms with Crippen LogP contribution in [0.25, 0.3) is 0 Å². The lowest BCUT2D eigenvalue weighted by Gasteiger charge is -2.42. The Kier molecular flexibility index (Phi) is 8.60. The van der Waals surface area contributed by atoms with Crippen molar-refractivity contribution in [2.75, 3.05) is 6.61 Å². The van der Waals surface area contributed by atoms with E-state index in [1.165, 1.54) is 0 Å². The number of hydrogen-bond donors (Lipinski definition) is 2. The zero-order valence-corrected chi connectivity index (χ0v) is 18.4. The summed E-state index contributed by atoms with van der Waals surface area (Å²) in [4.78, 5) is 0. The van der Waals surface area contributed by atoms with Crippen LogP contribution in [0.5, 0.6) is 0 Å². The molecule has 4 rings (SSSR count). The number of hydrogen-bond acceptors (Lipinski definition) is 6. The first-order valence-electron chi connectivity index (χ1n) is 11.1. The molecule has 1 saturated heterocycles. The molecule has 2 unspecified atom stereocenters. The molecule has 0 aliphatic carbocycles. The molecule has 0 spiro atoms. The quantitative estimate of drug-likeness (QED) is 0.493. The molecule has 6 nitrogen and oxygen atoms in total. The molecule has 5 atom stereocenters. The molecule has 3 aromatic carbocycles. The highest BCUT2D eigenvalue weighted by Gasteiger charge is 2.46. The summed E-state index contributed by atoms with van der Waals surface area (Å²) in [7, 11) is 0. The van der Waals surface area contributed by atoms with Gasteiger partial charge in [0.15, 0.2) is 6.29 Å². The molecule has 2 N–H and O–H groups in total. The fourth-order valence-electron chi connectivity index (χ4n) is 3.81. The predicted molar refractivity (Wildman–Crippen MR) is 123 cm³/mol. The summed E-state index contributed by atoms with van der Waals surface area (Å²) in [6.45, 7) is 1.04. The van der Waals surface area contributed by atoms with Crippen molar-refractivity contribution < 1.29 is 29.2 Å². The summed E-state index contributed by atoms with van der Waals surface area (Å²) in [5.74, 6) is 0. The number of ether oxygens (including phenoxy) is 4. The average Bonchev–Trinajstić information content (AvgIpc) is 2.86. The lowest BCUT2D eigenvalue weighted by Crippen LogP contribution is -2.60. The molecule has 6 heteroatoms. The van der Waals surface area contributed by atoms with Crippen molar-refractivity contribution in [1.29, 1.82) is 0 Å². The van der Waals surface area contributed by atoms with E-state index < -0.39 is 30.7 Å². The number of aliphatic hydroxyl groups excluding tert-OH is 2. The average molecular weight is 451 g/mol. The molecule has 1 fully saturated rings. The lowest BCUT2D eigenvalue weighted by atomic mass is 9.98. The van der Waals surface area contributed by atoms with Crippen molar-refractivity contribution in [3.63, 3.8) is 0 Å². The van der Waals surface area contributed by atoms with E-state index in [0.29, 0.717) is 6.61 Å². The van der Waals surface area contributed by atoms with E-state index in [1.54, 1.807) is 0 Å². The highest BCUT2D eigenvalue weighted by Crippen LogP contribution is 2.27. The van der Waals surface area contributed by atoms with Crippen LogP contribution < -0.4 is 0 Å². The molecule has 1 heterocycles. The molecule has 3 aromatic rings. The van der Waals surface area contributed by atoms with E-state index in [2.05, 4.69) is 0 Å². The number of benzene rings is 3.